The molecule has 1 amide bonds. The van der Waals surface area contributed by atoms with Gasteiger partial charge >= 0.3 is 0 Å². The van der Waals surface area contributed by atoms with E-state index in [0.29, 0.717) is 5.69 Å². The fourth-order valence-electron chi connectivity index (χ4n) is 1.67. The SMILES string of the molecule is N#Cc1cc(N)ccc1NC(=O)c1cccc(O)c1O. The Kier molecular flexibility index (Phi) is 3.44. The van der Waals surface area contributed by atoms with Crippen molar-refractivity contribution in [2.24, 2.45) is 0 Å². The number of rotatable bonds is 2. The van der Waals surface area contributed by atoms with E-state index in [1.54, 1.807) is 6.07 Å². The predicted molar refractivity (Wildman–Crippen MR) is 73.3 cm³/mol. The highest BCUT2D eigenvalue weighted by molar-refractivity contribution is 6.07. The molecule has 100 valence electrons. The summed E-state index contributed by atoms with van der Waals surface area (Å²) >= 11 is 0. The number of hydrogen-bond acceptors (Lipinski definition) is 5. The van der Waals surface area contributed by atoms with Gasteiger partial charge in [-0.15, -0.1) is 0 Å². The molecule has 0 radical (unpaired) electrons. The summed E-state index contributed by atoms with van der Waals surface area (Å²) in [4.78, 5) is 12.0. The quantitative estimate of drug-likeness (QED) is 0.489. The van der Waals surface area contributed by atoms with E-state index in [0.717, 1.165) is 0 Å². The Morgan fingerprint density at radius 1 is 1.25 bits per heavy atom. The van der Waals surface area contributed by atoms with E-state index >= 15 is 0 Å². The second-order valence-electron chi connectivity index (χ2n) is 4.04. The highest BCUT2D eigenvalue weighted by Gasteiger charge is 2.15. The standard InChI is InChI=1S/C14H11N3O3/c15-7-8-6-9(16)4-5-11(8)17-14(20)10-2-1-3-12(18)13(10)19/h1-6,18-19H,16H2,(H,17,20). The second kappa shape index (κ2) is 5.20. The Bertz CT molecular complexity index is 720. The Balaban J connectivity index is 2.33. The maximum atomic E-state index is 12.0. The van der Waals surface area contributed by atoms with Gasteiger partial charge in [0.15, 0.2) is 11.5 Å². The molecule has 6 heteroatoms. The zero-order chi connectivity index (χ0) is 14.7. The van der Waals surface area contributed by atoms with Gasteiger partial charge in [0, 0.05) is 5.69 Å². The van der Waals surface area contributed by atoms with Crippen LogP contribution in [0.3, 0.4) is 0 Å². The van der Waals surface area contributed by atoms with Crippen molar-refractivity contribution in [3.8, 4) is 17.6 Å². The van der Waals surface area contributed by atoms with Gasteiger partial charge in [-0.25, -0.2) is 0 Å². The number of nitrogens with one attached hydrogen (secondary N) is 1. The van der Waals surface area contributed by atoms with Crippen molar-refractivity contribution in [1.82, 2.24) is 0 Å². The van der Waals surface area contributed by atoms with Crippen LogP contribution in [0.25, 0.3) is 0 Å². The molecule has 2 aromatic rings. The summed E-state index contributed by atoms with van der Waals surface area (Å²) < 4.78 is 0. The number of hydrogen-bond donors (Lipinski definition) is 4. The van der Waals surface area contributed by atoms with E-state index in [2.05, 4.69) is 5.32 Å². The summed E-state index contributed by atoms with van der Waals surface area (Å²) in [6, 6.07) is 10.4. The summed E-state index contributed by atoms with van der Waals surface area (Å²) in [5.74, 6) is -1.55. The van der Waals surface area contributed by atoms with E-state index < -0.39 is 17.4 Å². The molecule has 0 saturated heterocycles. The number of para-hydroxylation sites is 1. The topological polar surface area (TPSA) is 119 Å². The molecular formula is C14H11N3O3. The van der Waals surface area contributed by atoms with Gasteiger partial charge in [-0.1, -0.05) is 6.07 Å². The molecule has 0 bridgehead atoms. The average molecular weight is 269 g/mol. The fourth-order valence-corrected chi connectivity index (χ4v) is 1.67. The van der Waals surface area contributed by atoms with Crippen LogP contribution in [0, 0.1) is 11.3 Å². The van der Waals surface area contributed by atoms with E-state index in [1.807, 2.05) is 6.07 Å². The molecule has 0 fully saturated rings. The Morgan fingerprint density at radius 3 is 2.70 bits per heavy atom. The number of carbonyl (C=O) groups excluding carboxylic acids is 1. The van der Waals surface area contributed by atoms with Crippen LogP contribution in [0.2, 0.25) is 0 Å². The lowest BCUT2D eigenvalue weighted by atomic mass is 10.1. The van der Waals surface area contributed by atoms with Gasteiger partial charge in [0.1, 0.15) is 6.07 Å². The number of nitriles is 1. The number of carbonyl (C=O) groups is 1. The minimum Gasteiger partial charge on any atom is -0.504 e. The van der Waals surface area contributed by atoms with Gasteiger partial charge < -0.3 is 21.3 Å². The highest BCUT2D eigenvalue weighted by atomic mass is 16.3. The third kappa shape index (κ3) is 2.47. The lowest BCUT2D eigenvalue weighted by molar-refractivity contribution is 0.102. The number of phenols is 2. The molecule has 0 unspecified atom stereocenters. The molecule has 0 aromatic heterocycles. The van der Waals surface area contributed by atoms with E-state index in [1.165, 1.54) is 30.3 Å². The molecule has 5 N–H and O–H groups in total. The van der Waals surface area contributed by atoms with E-state index in [4.69, 9.17) is 11.0 Å². The van der Waals surface area contributed by atoms with Crippen molar-refractivity contribution in [2.45, 2.75) is 0 Å². The van der Waals surface area contributed by atoms with Crippen molar-refractivity contribution < 1.29 is 15.0 Å². The van der Waals surface area contributed by atoms with Crippen LogP contribution in [0.4, 0.5) is 11.4 Å². The maximum Gasteiger partial charge on any atom is 0.259 e. The lowest BCUT2D eigenvalue weighted by Gasteiger charge is -2.09. The van der Waals surface area contributed by atoms with Gasteiger partial charge in [-0.05, 0) is 30.3 Å². The monoisotopic (exact) mass is 269 g/mol. The minimum atomic E-state index is -0.639. The van der Waals surface area contributed by atoms with Gasteiger partial charge in [0.2, 0.25) is 0 Å². The van der Waals surface area contributed by atoms with Crippen LogP contribution >= 0.6 is 0 Å². The molecule has 6 nitrogen and oxygen atoms in total. The summed E-state index contributed by atoms with van der Waals surface area (Å²) in [7, 11) is 0. The van der Waals surface area contributed by atoms with Gasteiger partial charge in [0.05, 0.1) is 16.8 Å². The Hall–Kier alpha value is -3.20. The minimum absolute atomic E-state index is 0.0919. The van der Waals surface area contributed by atoms with Crippen LogP contribution in [0.1, 0.15) is 15.9 Å². The van der Waals surface area contributed by atoms with Crippen LogP contribution in [-0.4, -0.2) is 16.1 Å². The zero-order valence-electron chi connectivity index (χ0n) is 10.3. The van der Waals surface area contributed by atoms with E-state index in [-0.39, 0.29) is 16.8 Å². The fraction of sp³-hybridized carbons (Fsp3) is 0. The first kappa shape index (κ1) is 13.2. The first-order chi connectivity index (χ1) is 9.52. The molecule has 0 aliphatic carbocycles. The van der Waals surface area contributed by atoms with Gasteiger partial charge in [-0.2, -0.15) is 5.26 Å². The number of aromatic hydroxyl groups is 2. The Labute approximate surface area is 114 Å². The van der Waals surface area contributed by atoms with Gasteiger partial charge in [-0.3, -0.25) is 4.79 Å². The molecule has 0 aliphatic heterocycles. The third-order valence-electron chi connectivity index (χ3n) is 2.67. The van der Waals surface area contributed by atoms with Crippen LogP contribution in [0.5, 0.6) is 11.5 Å². The average Bonchev–Trinajstić information content (AvgIpc) is 2.43. The summed E-state index contributed by atoms with van der Waals surface area (Å²) in [6.07, 6.45) is 0. The molecule has 20 heavy (non-hydrogen) atoms. The van der Waals surface area contributed by atoms with Crippen molar-refractivity contribution in [2.75, 3.05) is 11.1 Å². The Morgan fingerprint density at radius 2 is 2.00 bits per heavy atom. The number of amides is 1. The summed E-state index contributed by atoms with van der Waals surface area (Å²) in [6.45, 7) is 0. The first-order valence-corrected chi connectivity index (χ1v) is 5.65. The molecular weight excluding hydrogens is 258 g/mol. The molecule has 0 heterocycles. The number of phenolic OH excluding ortho intramolecular Hbond substituents is 2. The number of anilines is 2. The summed E-state index contributed by atoms with van der Waals surface area (Å²) in [5, 5.41) is 30.4. The number of nitrogens with zero attached hydrogens (tertiary/aromatic N) is 1. The molecule has 2 rings (SSSR count). The van der Waals surface area contributed by atoms with Crippen LogP contribution in [-0.2, 0) is 0 Å². The predicted octanol–water partition coefficient (Wildman–Crippen LogP) is 1.80. The normalized spacial score (nSPS) is 9.75. The molecule has 0 aliphatic rings. The van der Waals surface area contributed by atoms with E-state index in [9.17, 15) is 15.0 Å². The molecule has 0 atom stereocenters. The number of benzene rings is 2. The smallest absolute Gasteiger partial charge is 0.259 e. The van der Waals surface area contributed by atoms with Crippen molar-refractivity contribution in [1.29, 1.82) is 5.26 Å². The van der Waals surface area contributed by atoms with Crippen LogP contribution < -0.4 is 11.1 Å². The lowest BCUT2D eigenvalue weighted by Crippen LogP contribution is -2.13. The van der Waals surface area contributed by atoms with Crippen molar-refractivity contribution in [3.63, 3.8) is 0 Å². The maximum absolute atomic E-state index is 12.0. The van der Waals surface area contributed by atoms with Crippen LogP contribution in [0.15, 0.2) is 36.4 Å². The zero-order valence-corrected chi connectivity index (χ0v) is 10.3. The largest absolute Gasteiger partial charge is 0.504 e. The molecule has 0 saturated carbocycles. The molecule has 2 aromatic carbocycles. The first-order valence-electron chi connectivity index (χ1n) is 5.65. The third-order valence-corrected chi connectivity index (χ3v) is 2.67. The number of nitrogens with two attached hydrogens (primary N) is 1. The van der Waals surface area contributed by atoms with Gasteiger partial charge in [0.25, 0.3) is 5.91 Å². The number of nitrogen functional groups attached to an aromatic ring is 1. The molecule has 0 spiro atoms. The second-order valence-corrected chi connectivity index (χ2v) is 4.04. The van der Waals surface area contributed by atoms with Crippen molar-refractivity contribution >= 4 is 17.3 Å². The van der Waals surface area contributed by atoms with Crippen molar-refractivity contribution in [3.05, 3.63) is 47.5 Å². The highest BCUT2D eigenvalue weighted by Crippen LogP contribution is 2.29. The summed E-state index contributed by atoms with van der Waals surface area (Å²) in [5.41, 5.74) is 6.34.